The van der Waals surface area contributed by atoms with Crippen LogP contribution in [0.25, 0.3) is 10.2 Å². The molecule has 0 bridgehead atoms. The molecule has 0 aliphatic rings. The predicted molar refractivity (Wildman–Crippen MR) is 131 cm³/mol. The molecule has 0 radical (unpaired) electrons. The first-order valence-corrected chi connectivity index (χ1v) is 11.5. The van der Waals surface area contributed by atoms with Gasteiger partial charge in [-0.25, -0.2) is 4.98 Å². The molecule has 1 heterocycles. The number of para-hydroxylation sites is 1. The second-order valence-corrected chi connectivity index (χ2v) is 8.65. The number of fused-ring (bicyclic) bond motifs is 1. The highest BCUT2D eigenvalue weighted by Crippen LogP contribution is 2.34. The number of aromatic nitrogens is 1. The van der Waals surface area contributed by atoms with E-state index in [4.69, 9.17) is 9.72 Å². The zero-order valence-corrected chi connectivity index (χ0v) is 19.9. The van der Waals surface area contributed by atoms with Crippen LogP contribution in [0, 0.1) is 0 Å². The smallest absolute Gasteiger partial charge is 0.260 e. The Morgan fingerprint density at radius 2 is 1.74 bits per heavy atom. The molecule has 7 heteroatoms. The van der Waals surface area contributed by atoms with Gasteiger partial charge in [0.1, 0.15) is 11.3 Å². The second-order valence-electron chi connectivity index (χ2n) is 7.64. The number of thiazole rings is 1. The van der Waals surface area contributed by atoms with Crippen molar-refractivity contribution in [2.45, 2.75) is 20.3 Å². The van der Waals surface area contributed by atoms with Crippen molar-refractivity contribution >= 4 is 38.3 Å². The standard InChI is InChI=1S/C24H32N4O2S/c1-6-27(7-2)19-14-12-18(13-15-19)23(29)28(17-9-16-26(3)4)24-25-22-20(30-5)10-8-11-21(22)31-24/h8,10-15H,6-7,9,16-17H2,1-5H3. The molecule has 166 valence electrons. The minimum Gasteiger partial charge on any atom is -0.494 e. The summed E-state index contributed by atoms with van der Waals surface area (Å²) in [5.74, 6) is 0.701. The minimum atomic E-state index is -0.0251. The fourth-order valence-corrected chi connectivity index (χ4v) is 4.59. The summed E-state index contributed by atoms with van der Waals surface area (Å²) in [7, 11) is 5.73. The van der Waals surface area contributed by atoms with Gasteiger partial charge in [0, 0.05) is 30.9 Å². The topological polar surface area (TPSA) is 48.9 Å². The summed E-state index contributed by atoms with van der Waals surface area (Å²) < 4.78 is 6.48. The number of hydrogen-bond acceptors (Lipinski definition) is 6. The quantitative estimate of drug-likeness (QED) is 0.455. The van der Waals surface area contributed by atoms with Gasteiger partial charge in [-0.2, -0.15) is 0 Å². The molecule has 31 heavy (non-hydrogen) atoms. The van der Waals surface area contributed by atoms with E-state index >= 15 is 0 Å². The van der Waals surface area contributed by atoms with Crippen LogP contribution in [0.3, 0.4) is 0 Å². The second kappa shape index (κ2) is 10.6. The first-order chi connectivity index (χ1) is 15.0. The van der Waals surface area contributed by atoms with Crippen LogP contribution >= 0.6 is 11.3 Å². The summed E-state index contributed by atoms with van der Waals surface area (Å²) in [5.41, 5.74) is 2.60. The number of benzene rings is 2. The number of methoxy groups -OCH3 is 1. The van der Waals surface area contributed by atoms with Crippen molar-refractivity contribution in [1.29, 1.82) is 0 Å². The van der Waals surface area contributed by atoms with Gasteiger partial charge in [-0.15, -0.1) is 0 Å². The van der Waals surface area contributed by atoms with Gasteiger partial charge < -0.3 is 14.5 Å². The zero-order chi connectivity index (χ0) is 22.4. The van der Waals surface area contributed by atoms with Crippen molar-refractivity contribution in [2.24, 2.45) is 0 Å². The monoisotopic (exact) mass is 440 g/mol. The van der Waals surface area contributed by atoms with E-state index in [1.807, 2.05) is 56.6 Å². The maximum absolute atomic E-state index is 13.5. The average Bonchev–Trinajstić information content (AvgIpc) is 3.21. The summed E-state index contributed by atoms with van der Waals surface area (Å²) in [6.07, 6.45) is 0.864. The summed E-state index contributed by atoms with van der Waals surface area (Å²) in [6, 6.07) is 13.8. The zero-order valence-electron chi connectivity index (χ0n) is 19.1. The Morgan fingerprint density at radius 3 is 2.35 bits per heavy atom. The molecule has 6 nitrogen and oxygen atoms in total. The first-order valence-electron chi connectivity index (χ1n) is 10.7. The number of ether oxygens (including phenoxy) is 1. The van der Waals surface area contributed by atoms with Crippen LogP contribution in [0.5, 0.6) is 5.75 Å². The van der Waals surface area contributed by atoms with Gasteiger partial charge >= 0.3 is 0 Å². The Hall–Kier alpha value is -2.64. The normalized spacial score (nSPS) is 11.2. The van der Waals surface area contributed by atoms with Crippen LogP contribution < -0.4 is 14.5 Å². The minimum absolute atomic E-state index is 0.0251. The Kier molecular flexibility index (Phi) is 7.87. The van der Waals surface area contributed by atoms with Crippen molar-refractivity contribution in [1.82, 2.24) is 9.88 Å². The summed E-state index contributed by atoms with van der Waals surface area (Å²) in [5, 5.41) is 0.705. The highest BCUT2D eigenvalue weighted by atomic mass is 32.1. The van der Waals surface area contributed by atoms with E-state index in [-0.39, 0.29) is 5.91 Å². The third-order valence-electron chi connectivity index (χ3n) is 5.30. The van der Waals surface area contributed by atoms with Crippen molar-refractivity contribution in [3.05, 3.63) is 48.0 Å². The van der Waals surface area contributed by atoms with Crippen LogP contribution in [0.2, 0.25) is 0 Å². The molecular weight excluding hydrogens is 408 g/mol. The van der Waals surface area contributed by atoms with E-state index in [0.717, 1.165) is 47.7 Å². The molecule has 0 atom stereocenters. The van der Waals surface area contributed by atoms with Crippen LogP contribution in [-0.2, 0) is 0 Å². The van der Waals surface area contributed by atoms with E-state index < -0.39 is 0 Å². The van der Waals surface area contributed by atoms with Crippen molar-refractivity contribution < 1.29 is 9.53 Å². The Morgan fingerprint density at radius 1 is 1.03 bits per heavy atom. The number of hydrogen-bond donors (Lipinski definition) is 0. The molecule has 0 aliphatic heterocycles. The van der Waals surface area contributed by atoms with E-state index in [9.17, 15) is 4.79 Å². The number of anilines is 2. The fourth-order valence-electron chi connectivity index (χ4n) is 3.58. The van der Waals surface area contributed by atoms with E-state index in [1.165, 1.54) is 11.3 Å². The maximum atomic E-state index is 13.5. The molecule has 1 amide bonds. The molecule has 1 aromatic heterocycles. The lowest BCUT2D eigenvalue weighted by Gasteiger charge is -2.23. The first kappa shape index (κ1) is 23.0. The Bertz CT molecular complexity index is 996. The molecule has 3 rings (SSSR count). The third kappa shape index (κ3) is 5.35. The van der Waals surface area contributed by atoms with Gasteiger partial charge in [0.2, 0.25) is 0 Å². The van der Waals surface area contributed by atoms with Gasteiger partial charge in [0.15, 0.2) is 5.13 Å². The van der Waals surface area contributed by atoms with Crippen molar-refractivity contribution in [3.63, 3.8) is 0 Å². The summed E-state index contributed by atoms with van der Waals surface area (Å²) in [6.45, 7) is 7.66. The van der Waals surface area contributed by atoms with Crippen LogP contribution in [0.1, 0.15) is 30.6 Å². The molecule has 0 saturated carbocycles. The lowest BCUT2D eigenvalue weighted by molar-refractivity contribution is 0.0986. The van der Waals surface area contributed by atoms with Crippen LogP contribution in [-0.4, -0.2) is 63.2 Å². The molecule has 2 aromatic carbocycles. The largest absolute Gasteiger partial charge is 0.494 e. The van der Waals surface area contributed by atoms with E-state index in [2.05, 4.69) is 23.6 Å². The van der Waals surface area contributed by atoms with Gasteiger partial charge in [0.05, 0.1) is 11.8 Å². The molecule has 0 aliphatic carbocycles. The number of carbonyl (C=O) groups is 1. The molecule has 0 unspecified atom stereocenters. The lowest BCUT2D eigenvalue weighted by atomic mass is 10.1. The van der Waals surface area contributed by atoms with E-state index in [1.54, 1.807) is 12.0 Å². The van der Waals surface area contributed by atoms with Gasteiger partial charge in [-0.3, -0.25) is 9.69 Å². The fraction of sp³-hybridized carbons (Fsp3) is 0.417. The average molecular weight is 441 g/mol. The highest BCUT2D eigenvalue weighted by Gasteiger charge is 2.22. The molecule has 0 N–H and O–H groups in total. The lowest BCUT2D eigenvalue weighted by Crippen LogP contribution is -2.33. The number of nitrogens with zero attached hydrogens (tertiary/aromatic N) is 4. The molecular formula is C24H32N4O2S. The number of amides is 1. The highest BCUT2D eigenvalue weighted by molar-refractivity contribution is 7.22. The maximum Gasteiger partial charge on any atom is 0.260 e. The summed E-state index contributed by atoms with van der Waals surface area (Å²) >= 11 is 1.52. The number of rotatable bonds is 10. The number of carbonyl (C=O) groups excluding carboxylic acids is 1. The Labute approximate surface area is 189 Å². The van der Waals surface area contributed by atoms with Crippen LogP contribution in [0.4, 0.5) is 10.8 Å². The van der Waals surface area contributed by atoms with E-state index in [0.29, 0.717) is 17.2 Å². The molecule has 0 spiro atoms. The van der Waals surface area contributed by atoms with Crippen molar-refractivity contribution in [2.75, 3.05) is 57.2 Å². The molecule has 0 saturated heterocycles. The van der Waals surface area contributed by atoms with Gasteiger partial charge in [-0.05, 0) is 77.3 Å². The summed E-state index contributed by atoms with van der Waals surface area (Å²) in [4.78, 5) is 24.5. The third-order valence-corrected chi connectivity index (χ3v) is 6.34. The molecule has 3 aromatic rings. The van der Waals surface area contributed by atoms with Gasteiger partial charge in [-0.1, -0.05) is 17.4 Å². The van der Waals surface area contributed by atoms with Crippen molar-refractivity contribution in [3.8, 4) is 5.75 Å². The van der Waals surface area contributed by atoms with Crippen LogP contribution in [0.15, 0.2) is 42.5 Å². The molecule has 0 fully saturated rings. The SMILES string of the molecule is CCN(CC)c1ccc(C(=O)N(CCCN(C)C)c2nc3c(OC)cccc3s2)cc1. The van der Waals surface area contributed by atoms with Gasteiger partial charge in [0.25, 0.3) is 5.91 Å². The predicted octanol–water partition coefficient (Wildman–Crippen LogP) is 4.75. The Balaban J connectivity index is 1.92.